The number of pyridine rings is 1. The molecule has 0 saturated carbocycles. The molecular formula is C19H19F4N3O. The topological polar surface area (TPSA) is 54.0 Å². The van der Waals surface area contributed by atoms with Crippen molar-refractivity contribution < 1.29 is 22.4 Å². The van der Waals surface area contributed by atoms with E-state index in [1.54, 1.807) is 19.1 Å². The number of rotatable bonds is 4. The van der Waals surface area contributed by atoms with Gasteiger partial charge in [-0.05, 0) is 36.2 Å². The number of nitrogens with zero attached hydrogens (tertiary/aromatic N) is 1. The standard InChI is InChI=1S/C19H19F4N3O/c1-11(12-2-5-14(20)6-3-12)26-18(27)16-10-24-9-15(16)13-4-7-17(25-8-13)19(21,22)23/h2-8,11,15-16,24H,9-10H2,1H3,(H,26,27)/t11-,15-,16+/m0/s1. The Morgan fingerprint density at radius 2 is 1.89 bits per heavy atom. The van der Waals surface area contributed by atoms with Gasteiger partial charge < -0.3 is 10.6 Å². The second kappa shape index (κ2) is 7.64. The number of carbonyl (C=O) groups is 1. The maximum Gasteiger partial charge on any atom is 0.433 e. The fourth-order valence-electron chi connectivity index (χ4n) is 3.25. The van der Waals surface area contributed by atoms with E-state index < -0.39 is 17.8 Å². The summed E-state index contributed by atoms with van der Waals surface area (Å²) in [6.07, 6.45) is -3.31. The zero-order valence-corrected chi connectivity index (χ0v) is 14.6. The summed E-state index contributed by atoms with van der Waals surface area (Å²) in [6.45, 7) is 2.70. The summed E-state index contributed by atoms with van der Waals surface area (Å²) >= 11 is 0. The summed E-state index contributed by atoms with van der Waals surface area (Å²) in [5.74, 6) is -1.25. The highest BCUT2D eigenvalue weighted by Gasteiger charge is 2.36. The third-order valence-corrected chi connectivity index (χ3v) is 4.78. The van der Waals surface area contributed by atoms with E-state index in [0.717, 1.165) is 11.6 Å². The fourth-order valence-corrected chi connectivity index (χ4v) is 3.25. The van der Waals surface area contributed by atoms with Crippen LogP contribution in [0.1, 0.15) is 35.7 Å². The van der Waals surface area contributed by atoms with Gasteiger partial charge in [0.1, 0.15) is 11.5 Å². The Kier molecular flexibility index (Phi) is 5.46. The van der Waals surface area contributed by atoms with E-state index in [4.69, 9.17) is 0 Å². The van der Waals surface area contributed by atoms with Crippen molar-refractivity contribution in [2.75, 3.05) is 13.1 Å². The third kappa shape index (κ3) is 4.44. The first-order valence-electron chi connectivity index (χ1n) is 8.55. The van der Waals surface area contributed by atoms with E-state index in [9.17, 15) is 22.4 Å². The van der Waals surface area contributed by atoms with E-state index >= 15 is 0 Å². The average molecular weight is 381 g/mol. The van der Waals surface area contributed by atoms with E-state index in [0.29, 0.717) is 18.7 Å². The lowest BCUT2D eigenvalue weighted by atomic mass is 9.88. The average Bonchev–Trinajstić information content (AvgIpc) is 3.11. The maximum absolute atomic E-state index is 13.0. The maximum atomic E-state index is 13.0. The Hall–Kier alpha value is -2.48. The quantitative estimate of drug-likeness (QED) is 0.798. The number of hydrogen-bond acceptors (Lipinski definition) is 3. The van der Waals surface area contributed by atoms with Crippen LogP contribution in [0.25, 0.3) is 0 Å². The number of hydrogen-bond donors (Lipinski definition) is 2. The van der Waals surface area contributed by atoms with Gasteiger partial charge in [0.2, 0.25) is 5.91 Å². The minimum atomic E-state index is -4.49. The molecule has 2 heterocycles. The summed E-state index contributed by atoms with van der Waals surface area (Å²) in [4.78, 5) is 16.2. The van der Waals surface area contributed by atoms with Crippen LogP contribution >= 0.6 is 0 Å². The molecule has 1 aromatic carbocycles. The van der Waals surface area contributed by atoms with Crippen LogP contribution in [0, 0.1) is 11.7 Å². The number of nitrogens with one attached hydrogen (secondary N) is 2. The van der Waals surface area contributed by atoms with Crippen LogP contribution in [0.3, 0.4) is 0 Å². The minimum Gasteiger partial charge on any atom is -0.349 e. The van der Waals surface area contributed by atoms with Gasteiger partial charge in [0, 0.05) is 25.2 Å². The van der Waals surface area contributed by atoms with Crippen molar-refractivity contribution >= 4 is 5.91 Å². The van der Waals surface area contributed by atoms with Crippen LogP contribution in [0.5, 0.6) is 0 Å². The third-order valence-electron chi connectivity index (χ3n) is 4.78. The molecule has 0 radical (unpaired) electrons. The molecule has 1 amide bonds. The molecular weight excluding hydrogens is 362 g/mol. The highest BCUT2D eigenvalue weighted by molar-refractivity contribution is 5.81. The molecule has 8 heteroatoms. The van der Waals surface area contributed by atoms with Crippen LogP contribution in [0.15, 0.2) is 42.6 Å². The first-order valence-corrected chi connectivity index (χ1v) is 8.55. The van der Waals surface area contributed by atoms with E-state index in [1.165, 1.54) is 24.4 Å². The van der Waals surface area contributed by atoms with Crippen molar-refractivity contribution in [3.8, 4) is 0 Å². The van der Waals surface area contributed by atoms with Gasteiger partial charge in [0.05, 0.1) is 12.0 Å². The predicted octanol–water partition coefficient (Wildman–Crippen LogP) is 3.42. The molecule has 1 aromatic heterocycles. The van der Waals surface area contributed by atoms with Gasteiger partial charge in [-0.15, -0.1) is 0 Å². The molecule has 4 nitrogen and oxygen atoms in total. The fraction of sp³-hybridized carbons (Fsp3) is 0.368. The molecule has 0 spiro atoms. The Balaban J connectivity index is 1.70. The van der Waals surface area contributed by atoms with E-state index in [1.807, 2.05) is 0 Å². The van der Waals surface area contributed by atoms with Crippen molar-refractivity contribution in [3.63, 3.8) is 0 Å². The second-order valence-electron chi connectivity index (χ2n) is 6.63. The lowest BCUT2D eigenvalue weighted by Crippen LogP contribution is -2.36. The van der Waals surface area contributed by atoms with Crippen molar-refractivity contribution in [3.05, 3.63) is 65.2 Å². The molecule has 27 heavy (non-hydrogen) atoms. The lowest BCUT2D eigenvalue weighted by molar-refractivity contribution is -0.141. The van der Waals surface area contributed by atoms with Gasteiger partial charge in [0.15, 0.2) is 0 Å². The largest absolute Gasteiger partial charge is 0.433 e. The zero-order chi connectivity index (χ0) is 19.6. The highest BCUT2D eigenvalue weighted by Crippen LogP contribution is 2.32. The number of carbonyl (C=O) groups excluding carboxylic acids is 1. The van der Waals surface area contributed by atoms with E-state index in [-0.39, 0.29) is 23.7 Å². The Morgan fingerprint density at radius 1 is 1.19 bits per heavy atom. The monoisotopic (exact) mass is 381 g/mol. The van der Waals surface area contributed by atoms with Crippen molar-refractivity contribution in [1.29, 1.82) is 0 Å². The summed E-state index contributed by atoms with van der Waals surface area (Å²) in [6, 6.07) is 7.85. The van der Waals surface area contributed by atoms with Crippen LogP contribution < -0.4 is 10.6 Å². The molecule has 1 saturated heterocycles. The van der Waals surface area contributed by atoms with Crippen LogP contribution in [0.2, 0.25) is 0 Å². The van der Waals surface area contributed by atoms with Crippen LogP contribution in [0.4, 0.5) is 17.6 Å². The molecule has 144 valence electrons. The Bertz CT molecular complexity index is 790. The molecule has 0 aliphatic carbocycles. The molecule has 3 rings (SSSR count). The summed E-state index contributed by atoms with van der Waals surface area (Å²) in [5, 5.41) is 6.00. The number of alkyl halides is 3. The number of halogens is 4. The smallest absolute Gasteiger partial charge is 0.349 e. The van der Waals surface area contributed by atoms with Gasteiger partial charge in [-0.3, -0.25) is 9.78 Å². The van der Waals surface area contributed by atoms with Crippen molar-refractivity contribution in [1.82, 2.24) is 15.6 Å². The van der Waals surface area contributed by atoms with Gasteiger partial charge in [-0.2, -0.15) is 13.2 Å². The molecule has 0 unspecified atom stereocenters. The van der Waals surface area contributed by atoms with Gasteiger partial charge in [0.25, 0.3) is 0 Å². The highest BCUT2D eigenvalue weighted by atomic mass is 19.4. The summed E-state index contributed by atoms with van der Waals surface area (Å²) < 4.78 is 51.0. The molecule has 0 bridgehead atoms. The van der Waals surface area contributed by atoms with E-state index in [2.05, 4.69) is 15.6 Å². The van der Waals surface area contributed by atoms with Gasteiger partial charge in [-0.1, -0.05) is 18.2 Å². The lowest BCUT2D eigenvalue weighted by Gasteiger charge is -2.22. The number of benzene rings is 1. The Labute approximate surface area is 154 Å². The summed E-state index contributed by atoms with van der Waals surface area (Å²) in [5.41, 5.74) is 0.397. The molecule has 1 fully saturated rings. The molecule has 2 aromatic rings. The number of amides is 1. The minimum absolute atomic E-state index is 0.207. The molecule has 1 aliphatic rings. The SMILES string of the molecule is C[C@H](NC(=O)[C@@H]1CNC[C@H]1c1ccc(C(F)(F)F)nc1)c1ccc(F)cc1. The second-order valence-corrected chi connectivity index (χ2v) is 6.63. The van der Waals surface area contributed by atoms with Crippen molar-refractivity contribution in [2.45, 2.75) is 25.1 Å². The normalized spacial score (nSPS) is 21.1. The molecule has 2 N–H and O–H groups in total. The van der Waals surface area contributed by atoms with Crippen molar-refractivity contribution in [2.24, 2.45) is 5.92 Å². The Morgan fingerprint density at radius 3 is 2.48 bits per heavy atom. The van der Waals surface area contributed by atoms with Gasteiger partial charge in [-0.25, -0.2) is 4.39 Å². The first kappa shape index (κ1) is 19.3. The first-order chi connectivity index (χ1) is 12.8. The molecule has 3 atom stereocenters. The summed E-state index contributed by atoms with van der Waals surface area (Å²) in [7, 11) is 0. The predicted molar refractivity (Wildman–Crippen MR) is 91.3 cm³/mol. The van der Waals surface area contributed by atoms with Crippen LogP contribution in [-0.4, -0.2) is 24.0 Å². The number of aromatic nitrogens is 1. The van der Waals surface area contributed by atoms with Gasteiger partial charge >= 0.3 is 6.18 Å². The molecule has 1 aliphatic heterocycles. The van der Waals surface area contributed by atoms with Crippen LogP contribution in [-0.2, 0) is 11.0 Å². The zero-order valence-electron chi connectivity index (χ0n) is 14.6.